The van der Waals surface area contributed by atoms with Crippen LogP contribution in [0.15, 0.2) is 54.6 Å². The minimum absolute atomic E-state index is 0.0331. The van der Waals surface area contributed by atoms with Crippen molar-refractivity contribution in [3.8, 4) is 11.1 Å². The molecule has 0 aliphatic heterocycles. The molecule has 0 heterocycles. The van der Waals surface area contributed by atoms with Crippen LogP contribution in [0.25, 0.3) is 11.1 Å². The molecule has 0 spiro atoms. The smallest absolute Gasteiger partial charge is 0.317 e. The maximum absolute atomic E-state index is 13.7. The number of rotatable bonds is 4. The highest BCUT2D eigenvalue weighted by Gasteiger charge is 2.26. The average Bonchev–Trinajstić information content (AvgIpc) is 2.97. The van der Waals surface area contributed by atoms with Gasteiger partial charge in [0.1, 0.15) is 0 Å². The van der Waals surface area contributed by atoms with E-state index in [0.717, 1.165) is 36.1 Å². The molecule has 0 radical (unpaired) electrons. The van der Waals surface area contributed by atoms with E-state index in [-0.39, 0.29) is 6.03 Å². The number of carbonyl (C=O) groups excluding carboxylic acids is 1. The van der Waals surface area contributed by atoms with Crippen LogP contribution in [0.4, 0.5) is 10.5 Å². The Kier molecular flexibility index (Phi) is 6.45. The summed E-state index contributed by atoms with van der Waals surface area (Å²) in [7, 11) is 0. The van der Waals surface area contributed by atoms with Crippen LogP contribution in [0.3, 0.4) is 0 Å². The number of amides is 2. The lowest BCUT2D eigenvalue weighted by molar-refractivity contribution is 0.175. The van der Waals surface area contributed by atoms with Crippen molar-refractivity contribution >= 4 is 11.7 Å². The molecule has 3 aromatic carbocycles. The first-order valence-corrected chi connectivity index (χ1v) is 12.8. The van der Waals surface area contributed by atoms with Crippen LogP contribution in [0, 0.1) is 20.8 Å². The van der Waals surface area contributed by atoms with Gasteiger partial charge in [-0.05, 0) is 79.0 Å². The predicted molar refractivity (Wildman–Crippen MR) is 141 cm³/mol. The summed E-state index contributed by atoms with van der Waals surface area (Å²) in [6.45, 7) is 6.94. The summed E-state index contributed by atoms with van der Waals surface area (Å²) in [4.78, 5) is 15.9. The number of hydrogen-bond acceptors (Lipinski definition) is 1. The molecule has 5 rings (SSSR count). The third kappa shape index (κ3) is 4.61. The van der Waals surface area contributed by atoms with E-state index in [9.17, 15) is 4.79 Å². The minimum Gasteiger partial charge on any atom is -0.317 e. The number of fused-ring (bicyclic) bond motifs is 3. The molecule has 0 aromatic heterocycles. The second kappa shape index (κ2) is 9.66. The van der Waals surface area contributed by atoms with Gasteiger partial charge >= 0.3 is 6.03 Å². The number of nitrogens with zero attached hydrogens (tertiary/aromatic N) is 1. The van der Waals surface area contributed by atoms with Gasteiger partial charge in [-0.1, -0.05) is 85.8 Å². The zero-order chi connectivity index (χ0) is 23.7. The molecule has 0 saturated heterocycles. The second-order valence-electron chi connectivity index (χ2n) is 10.3. The Hall–Kier alpha value is -3.07. The predicted octanol–water partition coefficient (Wildman–Crippen LogP) is 7.94. The van der Waals surface area contributed by atoms with E-state index in [1.165, 1.54) is 59.1 Å². The maximum atomic E-state index is 13.7. The molecule has 0 atom stereocenters. The summed E-state index contributed by atoms with van der Waals surface area (Å²) in [6, 6.07) is 20.1. The third-order valence-corrected chi connectivity index (χ3v) is 7.65. The summed E-state index contributed by atoms with van der Waals surface area (Å²) in [6.07, 6.45) is 8.13. The van der Waals surface area contributed by atoms with Gasteiger partial charge in [-0.15, -0.1) is 0 Å². The summed E-state index contributed by atoms with van der Waals surface area (Å²) >= 11 is 0. The highest BCUT2D eigenvalue weighted by atomic mass is 16.2. The molecule has 2 aliphatic carbocycles. The van der Waals surface area contributed by atoms with Crippen molar-refractivity contribution in [2.24, 2.45) is 0 Å². The number of carbonyl (C=O) groups is 1. The SMILES string of the molecule is Cc1cc(C)c(NC(=O)N(Cc2ccc3c(c2)Cc2ccccc2-3)C2CCCCCC2)c(C)c1. The highest BCUT2D eigenvalue weighted by molar-refractivity contribution is 5.91. The largest absolute Gasteiger partial charge is 0.322 e. The van der Waals surface area contributed by atoms with Crippen LogP contribution < -0.4 is 5.32 Å². The van der Waals surface area contributed by atoms with E-state index in [1.807, 2.05) is 0 Å². The van der Waals surface area contributed by atoms with Gasteiger partial charge in [-0.2, -0.15) is 0 Å². The zero-order valence-electron chi connectivity index (χ0n) is 20.8. The van der Waals surface area contributed by atoms with Gasteiger partial charge in [-0.25, -0.2) is 4.79 Å². The van der Waals surface area contributed by atoms with Crippen molar-refractivity contribution in [3.63, 3.8) is 0 Å². The molecule has 176 valence electrons. The highest BCUT2D eigenvalue weighted by Crippen LogP contribution is 2.37. The Bertz CT molecular complexity index is 1180. The molecule has 2 amide bonds. The van der Waals surface area contributed by atoms with Crippen molar-refractivity contribution in [2.45, 2.75) is 78.3 Å². The van der Waals surface area contributed by atoms with Gasteiger partial charge in [0.15, 0.2) is 0 Å². The number of benzene rings is 3. The Morgan fingerprint density at radius 2 is 1.53 bits per heavy atom. The molecule has 0 unspecified atom stereocenters. The van der Waals surface area contributed by atoms with E-state index in [2.05, 4.69) is 85.6 Å². The van der Waals surface area contributed by atoms with Gasteiger partial charge in [0, 0.05) is 18.3 Å². The van der Waals surface area contributed by atoms with E-state index >= 15 is 0 Å². The molecule has 3 nitrogen and oxygen atoms in total. The fourth-order valence-corrected chi connectivity index (χ4v) is 5.99. The first-order chi connectivity index (χ1) is 16.5. The van der Waals surface area contributed by atoms with E-state index in [1.54, 1.807) is 0 Å². The van der Waals surface area contributed by atoms with Gasteiger partial charge in [0.25, 0.3) is 0 Å². The summed E-state index contributed by atoms with van der Waals surface area (Å²) in [5, 5.41) is 3.30. The molecule has 3 heteroatoms. The topological polar surface area (TPSA) is 32.3 Å². The normalized spacial score (nSPS) is 15.4. The fourth-order valence-electron chi connectivity index (χ4n) is 5.99. The molecule has 1 N–H and O–H groups in total. The lowest BCUT2D eigenvalue weighted by Gasteiger charge is -2.32. The standard InChI is InChI=1S/C31H36N2O/c1-21-16-22(2)30(23(3)17-21)32-31(34)33(27-11-6-4-5-7-12-27)20-24-14-15-29-26(18-24)19-25-10-8-9-13-28(25)29/h8-10,13-18,27H,4-7,11-12,19-20H2,1-3H3,(H,32,34). The van der Waals surface area contributed by atoms with Crippen LogP contribution in [0.5, 0.6) is 0 Å². The molecular formula is C31H36N2O. The van der Waals surface area contributed by atoms with Crippen LogP contribution in [-0.2, 0) is 13.0 Å². The van der Waals surface area contributed by atoms with Crippen LogP contribution >= 0.6 is 0 Å². The molecule has 2 aliphatic rings. The molecule has 0 bridgehead atoms. The van der Waals surface area contributed by atoms with Gasteiger partial charge in [0.2, 0.25) is 0 Å². The third-order valence-electron chi connectivity index (χ3n) is 7.65. The van der Waals surface area contributed by atoms with Crippen molar-refractivity contribution in [2.75, 3.05) is 5.32 Å². The summed E-state index contributed by atoms with van der Waals surface area (Å²) in [5.41, 5.74) is 11.1. The lowest BCUT2D eigenvalue weighted by atomic mass is 10.0. The van der Waals surface area contributed by atoms with Crippen LogP contribution in [0.2, 0.25) is 0 Å². The molecule has 3 aromatic rings. The maximum Gasteiger partial charge on any atom is 0.322 e. The Morgan fingerprint density at radius 3 is 2.26 bits per heavy atom. The summed E-state index contributed by atoms with van der Waals surface area (Å²) < 4.78 is 0. The molecule has 34 heavy (non-hydrogen) atoms. The Morgan fingerprint density at radius 1 is 0.853 bits per heavy atom. The molecule has 1 saturated carbocycles. The number of aryl methyl sites for hydroxylation is 3. The van der Waals surface area contributed by atoms with Gasteiger partial charge < -0.3 is 10.2 Å². The first-order valence-electron chi connectivity index (χ1n) is 12.8. The number of hydrogen-bond donors (Lipinski definition) is 1. The second-order valence-corrected chi connectivity index (χ2v) is 10.3. The lowest BCUT2D eigenvalue weighted by Crippen LogP contribution is -2.42. The number of nitrogens with one attached hydrogen (secondary N) is 1. The molecular weight excluding hydrogens is 416 g/mol. The first kappa shape index (κ1) is 22.7. The van der Waals surface area contributed by atoms with Crippen LogP contribution in [0.1, 0.15) is 71.9 Å². The van der Waals surface area contributed by atoms with Crippen LogP contribution in [-0.4, -0.2) is 17.0 Å². The fraction of sp³-hybridized carbons (Fsp3) is 0.387. The van der Waals surface area contributed by atoms with E-state index in [0.29, 0.717) is 12.6 Å². The van der Waals surface area contributed by atoms with Crippen molar-refractivity contribution < 1.29 is 4.79 Å². The minimum atomic E-state index is 0.0331. The van der Waals surface area contributed by atoms with E-state index in [4.69, 9.17) is 0 Å². The monoisotopic (exact) mass is 452 g/mol. The molecule has 1 fully saturated rings. The summed E-state index contributed by atoms with van der Waals surface area (Å²) in [5.74, 6) is 0. The van der Waals surface area contributed by atoms with Crippen molar-refractivity contribution in [1.29, 1.82) is 0 Å². The Balaban J connectivity index is 1.42. The average molecular weight is 453 g/mol. The van der Waals surface area contributed by atoms with Gasteiger partial charge in [0.05, 0.1) is 0 Å². The number of urea groups is 1. The van der Waals surface area contributed by atoms with Crippen molar-refractivity contribution in [3.05, 3.63) is 88.0 Å². The zero-order valence-corrected chi connectivity index (χ0v) is 20.8. The quantitative estimate of drug-likeness (QED) is 0.313. The Labute approximate surface area is 204 Å². The number of anilines is 1. The van der Waals surface area contributed by atoms with E-state index < -0.39 is 0 Å². The van der Waals surface area contributed by atoms with Crippen molar-refractivity contribution in [1.82, 2.24) is 4.90 Å². The van der Waals surface area contributed by atoms with Gasteiger partial charge in [-0.3, -0.25) is 0 Å².